The van der Waals surface area contributed by atoms with E-state index in [1.807, 2.05) is 0 Å². The number of primary sulfonamides is 1. The Balaban J connectivity index is 2.31. The summed E-state index contributed by atoms with van der Waals surface area (Å²) in [5, 5.41) is 9.79. The van der Waals surface area contributed by atoms with Gasteiger partial charge in [-0.3, -0.25) is 0 Å². The van der Waals surface area contributed by atoms with Gasteiger partial charge < -0.3 is 0 Å². The standard InChI is InChI=1S/C18H19ClN4O4S2/c1-12(2)22-29(26,27)18-11-16(13-7-9-14(19)10-8-13)23(21-18)15-5-3-4-6-17(15)28(20,24)25/h3-12,22H,1-2H3,(H2,20,24,25). The second-order valence-corrected chi connectivity index (χ2v) is 10.2. The number of nitrogens with zero attached hydrogens (tertiary/aromatic N) is 2. The van der Waals surface area contributed by atoms with Gasteiger partial charge in [0.15, 0.2) is 5.03 Å². The van der Waals surface area contributed by atoms with E-state index >= 15 is 0 Å². The minimum atomic E-state index is -4.08. The van der Waals surface area contributed by atoms with Crippen molar-refractivity contribution < 1.29 is 16.8 Å². The highest BCUT2D eigenvalue weighted by atomic mass is 35.5. The SMILES string of the molecule is CC(C)NS(=O)(=O)c1cc(-c2ccc(Cl)cc2)n(-c2ccccc2S(N)(=O)=O)n1. The van der Waals surface area contributed by atoms with E-state index < -0.39 is 20.0 Å². The molecule has 2 aromatic carbocycles. The van der Waals surface area contributed by atoms with Crippen LogP contribution in [0.25, 0.3) is 16.9 Å². The number of halogens is 1. The highest BCUT2D eigenvalue weighted by molar-refractivity contribution is 7.89. The van der Waals surface area contributed by atoms with Crippen LogP contribution in [0.2, 0.25) is 5.02 Å². The summed E-state index contributed by atoms with van der Waals surface area (Å²) in [5.41, 5.74) is 1.09. The van der Waals surface area contributed by atoms with E-state index in [0.29, 0.717) is 16.3 Å². The molecule has 0 aliphatic rings. The average molecular weight is 455 g/mol. The molecule has 0 bridgehead atoms. The predicted octanol–water partition coefficient (Wildman–Crippen LogP) is 2.53. The Morgan fingerprint density at radius 1 is 1.03 bits per heavy atom. The number of benzene rings is 2. The fourth-order valence-electron chi connectivity index (χ4n) is 2.74. The molecule has 0 saturated heterocycles. The first-order valence-corrected chi connectivity index (χ1v) is 11.9. The molecule has 11 heteroatoms. The van der Waals surface area contributed by atoms with Crippen LogP contribution in [-0.2, 0) is 20.0 Å². The van der Waals surface area contributed by atoms with Crippen molar-refractivity contribution in [3.63, 3.8) is 0 Å². The second kappa shape index (κ2) is 7.88. The van der Waals surface area contributed by atoms with Gasteiger partial charge in [-0.15, -0.1) is 0 Å². The average Bonchev–Trinajstić information content (AvgIpc) is 3.07. The third-order valence-electron chi connectivity index (χ3n) is 3.89. The number of para-hydroxylation sites is 1. The fourth-order valence-corrected chi connectivity index (χ4v) is 4.78. The molecule has 1 aromatic heterocycles. The summed E-state index contributed by atoms with van der Waals surface area (Å²) in [4.78, 5) is -0.181. The van der Waals surface area contributed by atoms with E-state index in [1.165, 1.54) is 28.9 Å². The largest absolute Gasteiger partial charge is 0.260 e. The third-order valence-corrected chi connectivity index (χ3v) is 6.64. The minimum Gasteiger partial charge on any atom is -0.230 e. The lowest BCUT2D eigenvalue weighted by Gasteiger charge is -2.11. The Morgan fingerprint density at radius 3 is 2.24 bits per heavy atom. The van der Waals surface area contributed by atoms with Crippen molar-refractivity contribution >= 4 is 31.6 Å². The van der Waals surface area contributed by atoms with Crippen molar-refractivity contribution in [1.82, 2.24) is 14.5 Å². The second-order valence-electron chi connectivity index (χ2n) is 6.58. The van der Waals surface area contributed by atoms with Gasteiger partial charge in [-0.05, 0) is 38.1 Å². The quantitative estimate of drug-likeness (QED) is 0.592. The molecule has 0 radical (unpaired) electrons. The van der Waals surface area contributed by atoms with Crippen LogP contribution in [0.1, 0.15) is 13.8 Å². The molecule has 0 fully saturated rings. The van der Waals surface area contributed by atoms with Crippen molar-refractivity contribution in [2.45, 2.75) is 29.8 Å². The number of nitrogens with two attached hydrogens (primary N) is 1. The van der Waals surface area contributed by atoms with Gasteiger partial charge in [0.05, 0.1) is 11.4 Å². The molecule has 0 atom stereocenters. The zero-order valence-electron chi connectivity index (χ0n) is 15.6. The van der Waals surface area contributed by atoms with Crippen LogP contribution in [0, 0.1) is 0 Å². The molecule has 1 heterocycles. The maximum absolute atomic E-state index is 12.7. The van der Waals surface area contributed by atoms with Gasteiger partial charge in [-0.25, -0.2) is 31.4 Å². The van der Waals surface area contributed by atoms with Gasteiger partial charge in [0, 0.05) is 22.7 Å². The smallest absolute Gasteiger partial charge is 0.230 e. The Labute approximate surface area is 174 Å². The van der Waals surface area contributed by atoms with E-state index in [2.05, 4.69) is 9.82 Å². The zero-order chi connectivity index (χ0) is 21.4. The Hall–Kier alpha value is -2.24. The maximum Gasteiger partial charge on any atom is 0.260 e. The molecular formula is C18H19ClN4O4S2. The van der Waals surface area contributed by atoms with Crippen LogP contribution in [0.4, 0.5) is 0 Å². The summed E-state index contributed by atoms with van der Waals surface area (Å²) in [7, 11) is -8.00. The Kier molecular flexibility index (Phi) is 5.84. The van der Waals surface area contributed by atoms with Crippen molar-refractivity contribution in [1.29, 1.82) is 0 Å². The molecule has 154 valence electrons. The van der Waals surface area contributed by atoms with E-state index in [0.717, 1.165) is 0 Å². The summed E-state index contributed by atoms with van der Waals surface area (Å²) >= 11 is 5.95. The van der Waals surface area contributed by atoms with Crippen molar-refractivity contribution in [3.8, 4) is 16.9 Å². The minimum absolute atomic E-state index is 0.131. The predicted molar refractivity (Wildman–Crippen MR) is 111 cm³/mol. The van der Waals surface area contributed by atoms with Gasteiger partial charge in [0.1, 0.15) is 4.90 Å². The van der Waals surface area contributed by atoms with Crippen LogP contribution < -0.4 is 9.86 Å². The lowest BCUT2D eigenvalue weighted by molar-refractivity contribution is 0.564. The Bertz CT molecular complexity index is 1250. The molecule has 0 aliphatic carbocycles. The topological polar surface area (TPSA) is 124 Å². The van der Waals surface area contributed by atoms with Crippen molar-refractivity contribution in [2.75, 3.05) is 0 Å². The number of nitrogens with one attached hydrogen (secondary N) is 1. The van der Waals surface area contributed by atoms with E-state index in [4.69, 9.17) is 16.7 Å². The number of sulfonamides is 2. The first-order valence-electron chi connectivity index (χ1n) is 8.49. The molecule has 0 unspecified atom stereocenters. The molecule has 8 nitrogen and oxygen atoms in total. The van der Waals surface area contributed by atoms with Gasteiger partial charge >= 0.3 is 0 Å². The van der Waals surface area contributed by atoms with Crippen LogP contribution in [0.15, 0.2) is 64.5 Å². The van der Waals surface area contributed by atoms with Crippen LogP contribution in [0.5, 0.6) is 0 Å². The van der Waals surface area contributed by atoms with Crippen LogP contribution in [0.3, 0.4) is 0 Å². The van der Waals surface area contributed by atoms with Gasteiger partial charge in [0.2, 0.25) is 10.0 Å². The summed E-state index contributed by atoms with van der Waals surface area (Å²) < 4.78 is 53.1. The van der Waals surface area contributed by atoms with Crippen LogP contribution >= 0.6 is 11.6 Å². The van der Waals surface area contributed by atoms with E-state index in [9.17, 15) is 16.8 Å². The molecule has 3 N–H and O–H groups in total. The summed E-state index contributed by atoms with van der Waals surface area (Å²) in [6.45, 7) is 3.37. The first kappa shape index (κ1) is 21.5. The molecule has 29 heavy (non-hydrogen) atoms. The summed E-state index contributed by atoms with van der Waals surface area (Å²) in [6, 6.07) is 13.6. The Morgan fingerprint density at radius 2 is 1.66 bits per heavy atom. The highest BCUT2D eigenvalue weighted by Gasteiger charge is 2.25. The number of hydrogen-bond acceptors (Lipinski definition) is 5. The number of hydrogen-bond donors (Lipinski definition) is 2. The summed E-state index contributed by atoms with van der Waals surface area (Å²) in [6.07, 6.45) is 0. The normalized spacial score (nSPS) is 12.4. The van der Waals surface area contributed by atoms with Crippen molar-refractivity contribution in [2.24, 2.45) is 5.14 Å². The van der Waals surface area contributed by atoms with Gasteiger partial charge in [0.25, 0.3) is 10.0 Å². The number of aromatic nitrogens is 2. The molecule has 0 spiro atoms. The molecule has 0 amide bonds. The van der Waals surface area contributed by atoms with Gasteiger partial charge in [-0.2, -0.15) is 5.10 Å². The molecular weight excluding hydrogens is 436 g/mol. The molecule has 3 aromatic rings. The molecule has 0 saturated carbocycles. The lowest BCUT2D eigenvalue weighted by atomic mass is 10.1. The lowest BCUT2D eigenvalue weighted by Crippen LogP contribution is -2.30. The fraction of sp³-hybridized carbons (Fsp3) is 0.167. The van der Waals surface area contributed by atoms with Crippen molar-refractivity contribution in [3.05, 3.63) is 59.6 Å². The maximum atomic E-state index is 12.7. The molecule has 0 aliphatic heterocycles. The zero-order valence-corrected chi connectivity index (χ0v) is 18.0. The van der Waals surface area contributed by atoms with Crippen LogP contribution in [-0.4, -0.2) is 32.7 Å². The highest BCUT2D eigenvalue weighted by Crippen LogP contribution is 2.29. The van der Waals surface area contributed by atoms with E-state index in [1.54, 1.807) is 44.2 Å². The van der Waals surface area contributed by atoms with E-state index in [-0.39, 0.29) is 21.7 Å². The monoisotopic (exact) mass is 454 g/mol. The number of rotatable bonds is 6. The summed E-state index contributed by atoms with van der Waals surface area (Å²) in [5.74, 6) is 0. The third kappa shape index (κ3) is 4.68. The first-order chi connectivity index (χ1) is 13.5. The molecule has 3 rings (SSSR count). The van der Waals surface area contributed by atoms with Gasteiger partial charge in [-0.1, -0.05) is 35.9 Å².